The maximum absolute atomic E-state index is 13.1. The number of halogens is 2. The van der Waals surface area contributed by atoms with Gasteiger partial charge in [-0.15, -0.1) is 0 Å². The average Bonchev–Trinajstić information content (AvgIpc) is 3.06. The van der Waals surface area contributed by atoms with Crippen molar-refractivity contribution in [2.24, 2.45) is 5.92 Å². The Morgan fingerprint density at radius 3 is 2.61 bits per heavy atom. The van der Waals surface area contributed by atoms with E-state index in [-0.39, 0.29) is 16.3 Å². The predicted molar refractivity (Wildman–Crippen MR) is 101 cm³/mol. The highest BCUT2D eigenvalue weighted by atomic mass is 32.2. The summed E-state index contributed by atoms with van der Waals surface area (Å²) in [5.41, 5.74) is -0.117. The van der Waals surface area contributed by atoms with Crippen LogP contribution in [0.3, 0.4) is 0 Å². The molecule has 3 rings (SSSR count). The van der Waals surface area contributed by atoms with Crippen LogP contribution in [0.5, 0.6) is 0 Å². The Balaban J connectivity index is 1.84. The molecule has 1 aliphatic rings. The van der Waals surface area contributed by atoms with Crippen LogP contribution in [-0.2, 0) is 16.4 Å². The van der Waals surface area contributed by atoms with Crippen LogP contribution < -0.4 is 5.32 Å². The summed E-state index contributed by atoms with van der Waals surface area (Å²) in [7, 11) is -3.43. The second kappa shape index (κ2) is 8.38. The highest BCUT2D eigenvalue weighted by molar-refractivity contribution is 7.90. The standard InChI is InChI=1S/C19H23F2N3O3S/c1-28(26,27)15-9-5-8-14(10-15)22-19(25)17-11-16(18(20)21)23-24(17)12-13-6-3-2-4-7-13/h5,8-11,13,18H,2-4,6-7,12H2,1H3,(H,22,25). The number of rotatable bonds is 6. The molecule has 9 heteroatoms. The van der Waals surface area contributed by atoms with E-state index < -0.39 is 27.9 Å². The molecule has 1 fully saturated rings. The van der Waals surface area contributed by atoms with Crippen molar-refractivity contribution in [2.45, 2.75) is 50.0 Å². The third kappa shape index (κ3) is 4.95. The van der Waals surface area contributed by atoms with E-state index in [4.69, 9.17) is 0 Å². The van der Waals surface area contributed by atoms with E-state index in [0.29, 0.717) is 12.5 Å². The van der Waals surface area contributed by atoms with Gasteiger partial charge in [0.2, 0.25) is 0 Å². The van der Waals surface area contributed by atoms with Gasteiger partial charge < -0.3 is 5.32 Å². The number of benzene rings is 1. The molecule has 1 aromatic heterocycles. The van der Waals surface area contributed by atoms with Crippen LogP contribution in [0.2, 0.25) is 0 Å². The molecule has 0 radical (unpaired) electrons. The topological polar surface area (TPSA) is 81.1 Å². The number of carbonyl (C=O) groups excluding carboxylic acids is 1. The average molecular weight is 411 g/mol. The molecular formula is C19H23F2N3O3S. The summed E-state index contributed by atoms with van der Waals surface area (Å²) < 4.78 is 51.0. The zero-order valence-electron chi connectivity index (χ0n) is 15.6. The Kier molecular flexibility index (Phi) is 6.12. The summed E-state index contributed by atoms with van der Waals surface area (Å²) in [5, 5.41) is 6.52. The van der Waals surface area contributed by atoms with Crippen LogP contribution in [-0.4, -0.2) is 30.4 Å². The monoisotopic (exact) mass is 411 g/mol. The zero-order valence-corrected chi connectivity index (χ0v) is 16.4. The van der Waals surface area contributed by atoms with Crippen molar-refractivity contribution in [1.29, 1.82) is 0 Å². The van der Waals surface area contributed by atoms with E-state index in [1.54, 1.807) is 6.07 Å². The first-order valence-corrected chi connectivity index (χ1v) is 11.1. The lowest BCUT2D eigenvalue weighted by molar-refractivity contribution is 0.101. The van der Waals surface area contributed by atoms with Gasteiger partial charge in [0.1, 0.15) is 11.4 Å². The first kappa shape index (κ1) is 20.4. The number of hydrogen-bond donors (Lipinski definition) is 1. The summed E-state index contributed by atoms with van der Waals surface area (Å²) in [6.07, 6.45) is 3.63. The van der Waals surface area contributed by atoms with Crippen LogP contribution in [0.1, 0.15) is 54.7 Å². The number of carbonyl (C=O) groups is 1. The molecule has 1 amide bonds. The minimum atomic E-state index is -3.43. The van der Waals surface area contributed by atoms with E-state index in [1.807, 2.05) is 0 Å². The van der Waals surface area contributed by atoms with Gasteiger partial charge in [-0.1, -0.05) is 25.3 Å². The van der Waals surface area contributed by atoms with Gasteiger partial charge in [0.15, 0.2) is 9.84 Å². The second-order valence-electron chi connectivity index (χ2n) is 7.20. The predicted octanol–water partition coefficient (Wildman–Crippen LogP) is 4.06. The number of aromatic nitrogens is 2. The Bertz CT molecular complexity index is 951. The van der Waals surface area contributed by atoms with Crippen molar-refractivity contribution in [3.8, 4) is 0 Å². The van der Waals surface area contributed by atoms with Crippen molar-refractivity contribution < 1.29 is 22.0 Å². The minimum absolute atomic E-state index is 0.0469. The molecule has 152 valence electrons. The molecule has 1 saturated carbocycles. The molecule has 0 atom stereocenters. The lowest BCUT2D eigenvalue weighted by Crippen LogP contribution is -2.22. The van der Waals surface area contributed by atoms with Gasteiger partial charge in [-0.2, -0.15) is 5.10 Å². The fourth-order valence-electron chi connectivity index (χ4n) is 3.48. The quantitative estimate of drug-likeness (QED) is 0.777. The van der Waals surface area contributed by atoms with E-state index in [1.165, 1.54) is 29.3 Å². The summed E-state index contributed by atoms with van der Waals surface area (Å²) in [4.78, 5) is 12.8. The Morgan fingerprint density at radius 2 is 1.96 bits per heavy atom. The largest absolute Gasteiger partial charge is 0.321 e. The normalized spacial score (nSPS) is 15.7. The van der Waals surface area contributed by atoms with Gasteiger partial charge in [0, 0.05) is 18.5 Å². The maximum Gasteiger partial charge on any atom is 0.282 e. The van der Waals surface area contributed by atoms with Crippen molar-refractivity contribution in [2.75, 3.05) is 11.6 Å². The summed E-state index contributed by atoms with van der Waals surface area (Å²) in [6, 6.07) is 6.91. The van der Waals surface area contributed by atoms with Crippen molar-refractivity contribution in [1.82, 2.24) is 9.78 Å². The minimum Gasteiger partial charge on any atom is -0.321 e. The molecule has 0 spiro atoms. The number of sulfone groups is 1. The lowest BCUT2D eigenvalue weighted by Gasteiger charge is -2.22. The van der Waals surface area contributed by atoms with Gasteiger partial charge in [-0.25, -0.2) is 17.2 Å². The SMILES string of the molecule is CS(=O)(=O)c1cccc(NC(=O)c2cc(C(F)F)nn2CC2CCCCC2)c1. The number of anilines is 1. The van der Waals surface area contributed by atoms with Gasteiger partial charge >= 0.3 is 0 Å². The smallest absolute Gasteiger partial charge is 0.282 e. The van der Waals surface area contributed by atoms with Gasteiger partial charge in [0.05, 0.1) is 4.90 Å². The molecule has 0 saturated heterocycles. The van der Waals surface area contributed by atoms with Crippen molar-refractivity contribution >= 4 is 21.4 Å². The molecule has 0 bridgehead atoms. The lowest BCUT2D eigenvalue weighted by atomic mass is 9.89. The first-order chi connectivity index (χ1) is 13.2. The Morgan fingerprint density at radius 1 is 1.25 bits per heavy atom. The highest BCUT2D eigenvalue weighted by Gasteiger charge is 2.23. The number of nitrogens with one attached hydrogen (secondary N) is 1. The molecule has 0 unspecified atom stereocenters. The molecule has 1 aliphatic carbocycles. The number of alkyl halides is 2. The molecule has 28 heavy (non-hydrogen) atoms. The zero-order chi connectivity index (χ0) is 20.3. The van der Waals surface area contributed by atoms with Crippen molar-refractivity contribution in [3.05, 3.63) is 41.7 Å². The third-order valence-electron chi connectivity index (χ3n) is 4.93. The molecule has 1 aromatic carbocycles. The van der Waals surface area contributed by atoms with E-state index >= 15 is 0 Å². The Hall–Kier alpha value is -2.29. The van der Waals surface area contributed by atoms with Crippen molar-refractivity contribution in [3.63, 3.8) is 0 Å². The molecule has 2 aromatic rings. The van der Waals surface area contributed by atoms with Crippen LogP contribution in [0.4, 0.5) is 14.5 Å². The fourth-order valence-corrected chi connectivity index (χ4v) is 4.15. The molecule has 1 N–H and O–H groups in total. The van der Waals surface area contributed by atoms with Crippen LogP contribution >= 0.6 is 0 Å². The molecular weight excluding hydrogens is 388 g/mol. The van der Waals surface area contributed by atoms with Crippen LogP contribution in [0.15, 0.2) is 35.2 Å². The first-order valence-electron chi connectivity index (χ1n) is 9.21. The third-order valence-corrected chi connectivity index (χ3v) is 6.04. The second-order valence-corrected chi connectivity index (χ2v) is 9.21. The molecule has 6 nitrogen and oxygen atoms in total. The maximum atomic E-state index is 13.1. The van der Waals surface area contributed by atoms with E-state index in [9.17, 15) is 22.0 Å². The molecule has 0 aliphatic heterocycles. The number of nitrogens with zero attached hydrogens (tertiary/aromatic N) is 2. The molecule has 1 heterocycles. The van der Waals surface area contributed by atoms with Crippen LogP contribution in [0.25, 0.3) is 0 Å². The van der Waals surface area contributed by atoms with Gasteiger partial charge in [0.25, 0.3) is 12.3 Å². The van der Waals surface area contributed by atoms with E-state index in [0.717, 1.165) is 38.0 Å². The van der Waals surface area contributed by atoms with Gasteiger partial charge in [-0.3, -0.25) is 9.48 Å². The fraction of sp³-hybridized carbons (Fsp3) is 0.474. The number of hydrogen-bond acceptors (Lipinski definition) is 4. The van der Waals surface area contributed by atoms with Gasteiger partial charge in [-0.05, 0) is 43.0 Å². The van der Waals surface area contributed by atoms with Crippen LogP contribution in [0, 0.1) is 5.92 Å². The number of amides is 1. The Labute approximate surface area is 162 Å². The summed E-state index contributed by atoms with van der Waals surface area (Å²) >= 11 is 0. The highest BCUT2D eigenvalue weighted by Crippen LogP contribution is 2.27. The van der Waals surface area contributed by atoms with E-state index in [2.05, 4.69) is 10.4 Å². The summed E-state index contributed by atoms with van der Waals surface area (Å²) in [5.74, 6) is -0.292. The summed E-state index contributed by atoms with van der Waals surface area (Å²) in [6.45, 7) is 0.416.